The van der Waals surface area contributed by atoms with E-state index in [1.165, 1.54) is 0 Å². The Bertz CT molecular complexity index is 224. The Morgan fingerprint density at radius 1 is 1.20 bits per heavy atom. The summed E-state index contributed by atoms with van der Waals surface area (Å²) in [5.74, 6) is -0.194. The van der Waals surface area contributed by atoms with Gasteiger partial charge in [-0.1, -0.05) is 0 Å². The molecule has 1 aliphatic carbocycles. The molecule has 2 aliphatic rings. The zero-order valence-corrected chi connectivity index (χ0v) is 6.02. The third kappa shape index (κ3) is 0.340. The maximum Gasteiger partial charge on any atom is 0.233 e. The second-order valence-electron chi connectivity index (χ2n) is 3.62. The van der Waals surface area contributed by atoms with Crippen LogP contribution in [0.5, 0.6) is 0 Å². The third-order valence-corrected chi connectivity index (χ3v) is 3.03. The van der Waals surface area contributed by atoms with Gasteiger partial charge in [-0.2, -0.15) is 0 Å². The zero-order chi connectivity index (χ0) is 7.57. The maximum atomic E-state index is 11.0. The molecule has 2 amide bonds. The average molecular weight is 139 g/mol. The van der Waals surface area contributed by atoms with Gasteiger partial charge in [-0.3, -0.25) is 14.9 Å². The number of nitrogens with one attached hydrogen (secondary N) is 1. The van der Waals surface area contributed by atoms with Crippen LogP contribution >= 0.6 is 0 Å². The Hall–Kier alpha value is -0.860. The van der Waals surface area contributed by atoms with E-state index in [2.05, 4.69) is 5.32 Å². The molecule has 0 aromatic rings. The van der Waals surface area contributed by atoms with E-state index in [4.69, 9.17) is 0 Å². The molecule has 1 heterocycles. The number of imide groups is 1. The molecule has 1 saturated heterocycles. The topological polar surface area (TPSA) is 46.2 Å². The van der Waals surface area contributed by atoms with Crippen molar-refractivity contribution in [1.29, 1.82) is 0 Å². The second-order valence-corrected chi connectivity index (χ2v) is 3.62. The number of carbonyl (C=O) groups is 2. The molecule has 0 spiro atoms. The molecule has 3 heteroatoms. The summed E-state index contributed by atoms with van der Waals surface area (Å²) < 4.78 is 0. The summed E-state index contributed by atoms with van der Waals surface area (Å²) >= 11 is 0. The summed E-state index contributed by atoms with van der Waals surface area (Å²) in [5, 5.41) is 2.32. The fraction of sp³-hybridized carbons (Fsp3) is 0.714. The van der Waals surface area contributed by atoms with Gasteiger partial charge in [-0.05, 0) is 20.3 Å². The molecule has 0 radical (unpaired) electrons. The monoisotopic (exact) mass is 139 g/mol. The Balaban J connectivity index is 2.47. The molecular weight excluding hydrogens is 130 g/mol. The van der Waals surface area contributed by atoms with Crippen LogP contribution in [-0.4, -0.2) is 11.8 Å². The highest BCUT2D eigenvalue weighted by atomic mass is 16.2. The van der Waals surface area contributed by atoms with Gasteiger partial charge in [0.25, 0.3) is 0 Å². The number of hydrogen-bond acceptors (Lipinski definition) is 2. The van der Waals surface area contributed by atoms with Crippen LogP contribution in [0.1, 0.15) is 20.3 Å². The van der Waals surface area contributed by atoms with E-state index in [1.807, 2.05) is 13.8 Å². The normalized spacial score (nSPS) is 50.6. The Morgan fingerprint density at radius 2 is 1.60 bits per heavy atom. The SMILES string of the molecule is C[C@@]12C[C@]1(C)C(=O)NC2=O. The molecule has 0 unspecified atom stereocenters. The van der Waals surface area contributed by atoms with E-state index in [0.717, 1.165) is 6.42 Å². The molecule has 0 bridgehead atoms. The number of piperidine rings is 1. The van der Waals surface area contributed by atoms with E-state index < -0.39 is 0 Å². The predicted octanol–water partition coefficient (Wildman–Crippen LogP) is 0.0591. The molecule has 10 heavy (non-hydrogen) atoms. The Labute approximate surface area is 58.8 Å². The van der Waals surface area contributed by atoms with Crippen LogP contribution in [0.25, 0.3) is 0 Å². The molecular formula is C7H9NO2. The second kappa shape index (κ2) is 1.13. The van der Waals surface area contributed by atoms with Gasteiger partial charge in [0.05, 0.1) is 10.8 Å². The van der Waals surface area contributed by atoms with Crippen molar-refractivity contribution < 1.29 is 9.59 Å². The first-order valence-corrected chi connectivity index (χ1v) is 3.37. The molecule has 54 valence electrons. The highest BCUT2D eigenvalue weighted by Crippen LogP contribution is 2.66. The summed E-state index contributed by atoms with van der Waals surface area (Å²) in [6.45, 7) is 3.68. The van der Waals surface area contributed by atoms with Gasteiger partial charge in [-0.25, -0.2) is 0 Å². The highest BCUT2D eigenvalue weighted by molar-refractivity contribution is 6.13. The number of amides is 2. The minimum Gasteiger partial charge on any atom is -0.295 e. The summed E-state index contributed by atoms with van der Waals surface area (Å²) in [6, 6.07) is 0. The van der Waals surface area contributed by atoms with Gasteiger partial charge >= 0.3 is 0 Å². The largest absolute Gasteiger partial charge is 0.295 e. The fourth-order valence-corrected chi connectivity index (χ4v) is 1.70. The minimum absolute atomic E-state index is 0.0972. The summed E-state index contributed by atoms with van der Waals surface area (Å²) in [6.07, 6.45) is 0.727. The van der Waals surface area contributed by atoms with Crippen LogP contribution in [0.2, 0.25) is 0 Å². The fourth-order valence-electron chi connectivity index (χ4n) is 1.70. The lowest BCUT2D eigenvalue weighted by Crippen LogP contribution is -2.28. The van der Waals surface area contributed by atoms with Crippen LogP contribution in [0.3, 0.4) is 0 Å². The molecule has 2 atom stereocenters. The number of hydrogen-bond donors (Lipinski definition) is 1. The van der Waals surface area contributed by atoms with E-state index in [0.29, 0.717) is 0 Å². The summed E-state index contributed by atoms with van der Waals surface area (Å²) in [7, 11) is 0. The maximum absolute atomic E-state index is 11.0. The zero-order valence-electron chi connectivity index (χ0n) is 6.02. The van der Waals surface area contributed by atoms with E-state index in [9.17, 15) is 9.59 Å². The van der Waals surface area contributed by atoms with Gasteiger partial charge < -0.3 is 0 Å². The van der Waals surface area contributed by atoms with Crippen molar-refractivity contribution in [3.05, 3.63) is 0 Å². The van der Waals surface area contributed by atoms with Crippen LogP contribution in [0.15, 0.2) is 0 Å². The summed E-state index contributed by atoms with van der Waals surface area (Å²) in [5.41, 5.74) is -0.742. The van der Waals surface area contributed by atoms with Crippen molar-refractivity contribution >= 4 is 11.8 Å². The first-order valence-electron chi connectivity index (χ1n) is 3.37. The van der Waals surface area contributed by atoms with Gasteiger partial charge in [0.1, 0.15) is 0 Å². The molecule has 1 N–H and O–H groups in total. The number of fused-ring (bicyclic) bond motifs is 1. The van der Waals surface area contributed by atoms with Crippen LogP contribution in [-0.2, 0) is 9.59 Å². The number of rotatable bonds is 0. The standard InChI is InChI=1S/C7H9NO2/c1-6-3-7(6,2)5(10)8-4(6)9/h3H2,1-2H3,(H,8,9,10)/t6-,7+. The first-order chi connectivity index (χ1) is 4.51. The quantitative estimate of drug-likeness (QED) is 0.482. The van der Waals surface area contributed by atoms with E-state index in [1.54, 1.807) is 0 Å². The highest BCUT2D eigenvalue weighted by Gasteiger charge is 2.74. The lowest BCUT2D eigenvalue weighted by Gasteiger charge is -1.98. The van der Waals surface area contributed by atoms with Gasteiger partial charge in [0.2, 0.25) is 11.8 Å². The van der Waals surface area contributed by atoms with Crippen molar-refractivity contribution in [1.82, 2.24) is 5.32 Å². The molecule has 3 nitrogen and oxygen atoms in total. The lowest BCUT2D eigenvalue weighted by atomic mass is 10.00. The Kier molecular flexibility index (Phi) is 0.667. The van der Waals surface area contributed by atoms with E-state index >= 15 is 0 Å². The number of carbonyl (C=O) groups excluding carboxylic acids is 2. The smallest absolute Gasteiger partial charge is 0.233 e. The Morgan fingerprint density at radius 3 is 1.70 bits per heavy atom. The predicted molar refractivity (Wildman–Crippen MR) is 34.0 cm³/mol. The van der Waals surface area contributed by atoms with Crippen molar-refractivity contribution in [2.45, 2.75) is 20.3 Å². The molecule has 0 aromatic carbocycles. The van der Waals surface area contributed by atoms with Crippen molar-refractivity contribution in [3.8, 4) is 0 Å². The average Bonchev–Trinajstić information content (AvgIpc) is 2.33. The van der Waals surface area contributed by atoms with Crippen molar-refractivity contribution in [2.75, 3.05) is 0 Å². The molecule has 1 aliphatic heterocycles. The minimum atomic E-state index is -0.371. The van der Waals surface area contributed by atoms with Crippen molar-refractivity contribution in [3.63, 3.8) is 0 Å². The van der Waals surface area contributed by atoms with Crippen LogP contribution in [0, 0.1) is 10.8 Å². The molecule has 2 fully saturated rings. The van der Waals surface area contributed by atoms with Crippen molar-refractivity contribution in [2.24, 2.45) is 10.8 Å². The van der Waals surface area contributed by atoms with E-state index in [-0.39, 0.29) is 22.6 Å². The first kappa shape index (κ1) is 5.89. The third-order valence-electron chi connectivity index (χ3n) is 3.03. The molecule has 0 aromatic heterocycles. The lowest BCUT2D eigenvalue weighted by molar-refractivity contribution is -0.129. The van der Waals surface area contributed by atoms with Gasteiger partial charge in [0, 0.05) is 0 Å². The van der Waals surface area contributed by atoms with Gasteiger partial charge in [-0.15, -0.1) is 0 Å². The molecule has 1 saturated carbocycles. The molecule has 2 rings (SSSR count). The van der Waals surface area contributed by atoms with Crippen LogP contribution < -0.4 is 5.32 Å². The van der Waals surface area contributed by atoms with Gasteiger partial charge in [0.15, 0.2) is 0 Å². The van der Waals surface area contributed by atoms with Crippen LogP contribution in [0.4, 0.5) is 0 Å². The summed E-state index contributed by atoms with van der Waals surface area (Å²) in [4.78, 5) is 22.0.